The Kier molecular flexibility index (Phi) is 5.02. The largest absolute Gasteiger partial charge is 0.478 e. The molecule has 1 aromatic rings. The first-order valence-electron chi connectivity index (χ1n) is 5.83. The summed E-state index contributed by atoms with van der Waals surface area (Å²) in [4.78, 5) is 8.40. The van der Waals surface area contributed by atoms with Crippen molar-refractivity contribution in [2.45, 2.75) is 27.7 Å². The summed E-state index contributed by atoms with van der Waals surface area (Å²) >= 11 is 0. The molecular formula is C12H21N3O. The van der Waals surface area contributed by atoms with Crippen LogP contribution in [0.3, 0.4) is 0 Å². The van der Waals surface area contributed by atoms with Gasteiger partial charge in [-0.1, -0.05) is 20.8 Å². The third-order valence-corrected chi connectivity index (χ3v) is 2.64. The van der Waals surface area contributed by atoms with Crippen molar-refractivity contribution in [2.75, 3.05) is 18.5 Å². The van der Waals surface area contributed by atoms with Gasteiger partial charge in [-0.25, -0.2) is 4.98 Å². The topological polar surface area (TPSA) is 47.0 Å². The lowest BCUT2D eigenvalue weighted by Gasteiger charge is -2.16. The molecule has 0 bridgehead atoms. The maximum absolute atomic E-state index is 5.31. The molecule has 0 saturated heterocycles. The summed E-state index contributed by atoms with van der Waals surface area (Å²) < 4.78 is 5.31. The van der Waals surface area contributed by atoms with Crippen LogP contribution in [0.5, 0.6) is 5.88 Å². The molecule has 90 valence electrons. The normalized spacial score (nSPS) is 12.6. The van der Waals surface area contributed by atoms with Crippen LogP contribution in [-0.2, 0) is 0 Å². The highest BCUT2D eigenvalue weighted by Crippen LogP contribution is 2.12. The lowest BCUT2D eigenvalue weighted by molar-refractivity contribution is 0.326. The standard InChI is InChI=1S/C12H21N3O/c1-5-16-11-6-7-13-12(15-11)14-8-10(4)9(2)3/h6-7,9-10H,5,8H2,1-4H3,(H,13,14,15). The minimum Gasteiger partial charge on any atom is -0.478 e. The summed E-state index contributed by atoms with van der Waals surface area (Å²) in [7, 11) is 0. The van der Waals surface area contributed by atoms with Gasteiger partial charge in [0.2, 0.25) is 11.8 Å². The first-order chi connectivity index (χ1) is 7.63. The first-order valence-corrected chi connectivity index (χ1v) is 5.83. The number of aromatic nitrogens is 2. The molecule has 16 heavy (non-hydrogen) atoms. The summed E-state index contributed by atoms with van der Waals surface area (Å²) in [5.41, 5.74) is 0. The van der Waals surface area contributed by atoms with Crippen LogP contribution >= 0.6 is 0 Å². The molecule has 4 heteroatoms. The van der Waals surface area contributed by atoms with Gasteiger partial charge in [-0.05, 0) is 18.8 Å². The van der Waals surface area contributed by atoms with E-state index in [9.17, 15) is 0 Å². The molecule has 0 aliphatic heterocycles. The SMILES string of the molecule is CCOc1ccnc(NCC(C)C(C)C)n1. The van der Waals surface area contributed by atoms with Crippen LogP contribution in [0.15, 0.2) is 12.3 Å². The molecular weight excluding hydrogens is 202 g/mol. The molecule has 0 aliphatic rings. The Bertz CT molecular complexity index is 315. The fourth-order valence-electron chi connectivity index (χ4n) is 1.14. The van der Waals surface area contributed by atoms with Gasteiger partial charge in [-0.15, -0.1) is 0 Å². The Morgan fingerprint density at radius 3 is 2.75 bits per heavy atom. The molecule has 1 atom stereocenters. The highest BCUT2D eigenvalue weighted by atomic mass is 16.5. The maximum Gasteiger partial charge on any atom is 0.225 e. The van der Waals surface area contributed by atoms with Gasteiger partial charge in [-0.3, -0.25) is 0 Å². The number of ether oxygens (including phenoxy) is 1. The third-order valence-electron chi connectivity index (χ3n) is 2.64. The van der Waals surface area contributed by atoms with E-state index in [2.05, 4.69) is 36.1 Å². The molecule has 1 unspecified atom stereocenters. The van der Waals surface area contributed by atoms with E-state index >= 15 is 0 Å². The molecule has 1 rings (SSSR count). The number of rotatable bonds is 6. The Balaban J connectivity index is 2.50. The monoisotopic (exact) mass is 223 g/mol. The Hall–Kier alpha value is -1.32. The van der Waals surface area contributed by atoms with Crippen LogP contribution in [0.2, 0.25) is 0 Å². The summed E-state index contributed by atoms with van der Waals surface area (Å²) in [5, 5.41) is 3.22. The average molecular weight is 223 g/mol. The molecule has 1 aromatic heterocycles. The number of anilines is 1. The summed E-state index contributed by atoms with van der Waals surface area (Å²) in [6, 6.07) is 1.76. The van der Waals surface area contributed by atoms with Crippen LogP contribution < -0.4 is 10.1 Å². The predicted molar refractivity (Wildman–Crippen MR) is 65.7 cm³/mol. The van der Waals surface area contributed by atoms with Crippen LogP contribution in [0.1, 0.15) is 27.7 Å². The fraction of sp³-hybridized carbons (Fsp3) is 0.667. The average Bonchev–Trinajstić information content (AvgIpc) is 2.26. The number of nitrogens with one attached hydrogen (secondary N) is 1. The van der Waals surface area contributed by atoms with E-state index < -0.39 is 0 Å². The van der Waals surface area contributed by atoms with Gasteiger partial charge in [0.1, 0.15) is 0 Å². The lowest BCUT2D eigenvalue weighted by Crippen LogP contribution is -2.17. The van der Waals surface area contributed by atoms with Crippen LogP contribution in [0.25, 0.3) is 0 Å². The zero-order chi connectivity index (χ0) is 12.0. The van der Waals surface area contributed by atoms with Gasteiger partial charge in [0.15, 0.2) is 0 Å². The highest BCUT2D eigenvalue weighted by Gasteiger charge is 2.07. The van der Waals surface area contributed by atoms with E-state index in [-0.39, 0.29) is 0 Å². The lowest BCUT2D eigenvalue weighted by atomic mass is 9.98. The number of hydrogen-bond acceptors (Lipinski definition) is 4. The van der Waals surface area contributed by atoms with E-state index in [1.807, 2.05) is 6.92 Å². The van der Waals surface area contributed by atoms with Gasteiger partial charge < -0.3 is 10.1 Å². The van der Waals surface area contributed by atoms with Gasteiger partial charge in [0.05, 0.1) is 6.61 Å². The van der Waals surface area contributed by atoms with Crippen molar-refractivity contribution in [1.82, 2.24) is 9.97 Å². The fourth-order valence-corrected chi connectivity index (χ4v) is 1.14. The van der Waals surface area contributed by atoms with Gasteiger partial charge in [0.25, 0.3) is 0 Å². The maximum atomic E-state index is 5.31. The molecule has 1 heterocycles. The smallest absolute Gasteiger partial charge is 0.225 e. The van der Waals surface area contributed by atoms with E-state index in [1.54, 1.807) is 12.3 Å². The molecule has 4 nitrogen and oxygen atoms in total. The van der Waals surface area contributed by atoms with Crippen molar-refractivity contribution in [3.63, 3.8) is 0 Å². The van der Waals surface area contributed by atoms with E-state index in [4.69, 9.17) is 4.74 Å². The summed E-state index contributed by atoms with van der Waals surface area (Å²) in [6.45, 7) is 10.1. The van der Waals surface area contributed by atoms with Crippen molar-refractivity contribution in [3.05, 3.63) is 12.3 Å². The van der Waals surface area contributed by atoms with E-state index in [0.717, 1.165) is 6.54 Å². The molecule has 0 aromatic carbocycles. The second-order valence-corrected chi connectivity index (χ2v) is 4.25. The zero-order valence-electron chi connectivity index (χ0n) is 10.5. The molecule has 0 spiro atoms. The second kappa shape index (κ2) is 6.30. The third kappa shape index (κ3) is 4.04. The second-order valence-electron chi connectivity index (χ2n) is 4.25. The van der Waals surface area contributed by atoms with E-state index in [0.29, 0.717) is 30.3 Å². The van der Waals surface area contributed by atoms with E-state index in [1.165, 1.54) is 0 Å². The van der Waals surface area contributed by atoms with Crippen molar-refractivity contribution in [3.8, 4) is 5.88 Å². The van der Waals surface area contributed by atoms with Crippen molar-refractivity contribution in [1.29, 1.82) is 0 Å². The molecule has 0 fully saturated rings. The van der Waals surface area contributed by atoms with Crippen LogP contribution in [0.4, 0.5) is 5.95 Å². The minimum atomic E-state index is 0.597. The Morgan fingerprint density at radius 2 is 2.12 bits per heavy atom. The zero-order valence-corrected chi connectivity index (χ0v) is 10.5. The first kappa shape index (κ1) is 12.7. The van der Waals surface area contributed by atoms with Crippen molar-refractivity contribution < 1.29 is 4.74 Å². The summed E-state index contributed by atoms with van der Waals surface area (Å²) in [5.74, 6) is 2.51. The number of hydrogen-bond donors (Lipinski definition) is 1. The molecule has 0 amide bonds. The van der Waals surface area contributed by atoms with Crippen molar-refractivity contribution >= 4 is 5.95 Å². The molecule has 0 aliphatic carbocycles. The molecule has 1 N–H and O–H groups in total. The minimum absolute atomic E-state index is 0.597. The number of nitrogens with zero attached hydrogens (tertiary/aromatic N) is 2. The molecule has 0 saturated carbocycles. The van der Waals surface area contributed by atoms with Crippen molar-refractivity contribution in [2.24, 2.45) is 11.8 Å². The van der Waals surface area contributed by atoms with Gasteiger partial charge in [0, 0.05) is 18.8 Å². The van der Waals surface area contributed by atoms with Gasteiger partial charge in [-0.2, -0.15) is 4.98 Å². The Labute approximate surface area is 97.5 Å². The van der Waals surface area contributed by atoms with Gasteiger partial charge >= 0.3 is 0 Å². The predicted octanol–water partition coefficient (Wildman–Crippen LogP) is 2.58. The van der Waals surface area contributed by atoms with Crippen LogP contribution in [-0.4, -0.2) is 23.1 Å². The quantitative estimate of drug-likeness (QED) is 0.805. The molecule has 0 radical (unpaired) electrons. The summed E-state index contributed by atoms with van der Waals surface area (Å²) in [6.07, 6.45) is 1.71. The van der Waals surface area contributed by atoms with Crippen LogP contribution in [0, 0.1) is 11.8 Å². The highest BCUT2D eigenvalue weighted by molar-refractivity contribution is 5.27. The Morgan fingerprint density at radius 1 is 1.38 bits per heavy atom.